The standard InChI is InChI=1S/C13H22N2O3/c1-2-18-11(16)9-15-12(17)10(14)5-3-6-13(15)7-4-8-13/h10H,2-9,14H2,1H3. The number of nitrogens with two attached hydrogens (primary N) is 1. The van der Waals surface area contributed by atoms with Crippen molar-refractivity contribution >= 4 is 11.9 Å². The van der Waals surface area contributed by atoms with Gasteiger partial charge < -0.3 is 15.4 Å². The summed E-state index contributed by atoms with van der Waals surface area (Å²) in [5.74, 6) is -0.411. The fraction of sp³-hybridized carbons (Fsp3) is 0.846. The van der Waals surface area contributed by atoms with E-state index in [2.05, 4.69) is 0 Å². The maximum absolute atomic E-state index is 12.3. The average molecular weight is 254 g/mol. The molecule has 1 aliphatic carbocycles. The van der Waals surface area contributed by atoms with Gasteiger partial charge in [-0.25, -0.2) is 0 Å². The lowest BCUT2D eigenvalue weighted by molar-refractivity contribution is -0.156. The minimum absolute atomic E-state index is 0.0559. The Labute approximate surface area is 108 Å². The van der Waals surface area contributed by atoms with Crippen LogP contribution in [0.25, 0.3) is 0 Å². The Kier molecular flexibility index (Phi) is 3.90. The molecule has 1 saturated carbocycles. The SMILES string of the molecule is CCOC(=O)CN1C(=O)C(N)CCCC12CCC2. The van der Waals surface area contributed by atoms with E-state index >= 15 is 0 Å². The molecule has 1 heterocycles. The summed E-state index contributed by atoms with van der Waals surface area (Å²) in [6.45, 7) is 2.17. The molecule has 18 heavy (non-hydrogen) atoms. The molecule has 1 spiro atoms. The third-order valence-corrected chi connectivity index (χ3v) is 4.19. The molecule has 0 aromatic rings. The van der Waals surface area contributed by atoms with E-state index in [4.69, 9.17) is 10.5 Å². The highest BCUT2D eigenvalue weighted by Gasteiger charge is 2.47. The number of nitrogens with zero attached hydrogens (tertiary/aromatic N) is 1. The zero-order valence-electron chi connectivity index (χ0n) is 11.0. The molecule has 0 bridgehead atoms. The molecule has 2 N–H and O–H groups in total. The molecule has 1 unspecified atom stereocenters. The van der Waals surface area contributed by atoms with Gasteiger partial charge in [-0.2, -0.15) is 0 Å². The second-order valence-electron chi connectivity index (χ2n) is 5.31. The number of carbonyl (C=O) groups is 2. The topological polar surface area (TPSA) is 72.6 Å². The summed E-state index contributed by atoms with van der Waals surface area (Å²) in [6.07, 6.45) is 5.76. The van der Waals surface area contributed by atoms with Gasteiger partial charge in [0.05, 0.1) is 12.6 Å². The fourth-order valence-electron chi connectivity index (χ4n) is 3.03. The van der Waals surface area contributed by atoms with Crippen molar-refractivity contribution in [1.82, 2.24) is 4.90 Å². The van der Waals surface area contributed by atoms with Crippen molar-refractivity contribution in [3.8, 4) is 0 Å². The molecule has 1 saturated heterocycles. The highest BCUT2D eigenvalue weighted by Crippen LogP contribution is 2.43. The molecule has 2 aliphatic rings. The van der Waals surface area contributed by atoms with Crippen LogP contribution in [-0.4, -0.2) is 41.5 Å². The Balaban J connectivity index is 2.13. The molecule has 0 radical (unpaired) electrons. The number of rotatable bonds is 3. The highest BCUT2D eigenvalue weighted by molar-refractivity contribution is 5.86. The molecule has 0 aromatic heterocycles. The number of ether oxygens (including phenoxy) is 1. The van der Waals surface area contributed by atoms with Gasteiger partial charge in [-0.1, -0.05) is 0 Å². The molecule has 1 aliphatic heterocycles. The lowest BCUT2D eigenvalue weighted by Crippen LogP contribution is -2.59. The third kappa shape index (κ3) is 2.36. The summed E-state index contributed by atoms with van der Waals surface area (Å²) in [7, 11) is 0. The fourth-order valence-corrected chi connectivity index (χ4v) is 3.03. The summed E-state index contributed by atoms with van der Waals surface area (Å²) >= 11 is 0. The Morgan fingerprint density at radius 2 is 2.11 bits per heavy atom. The van der Waals surface area contributed by atoms with Crippen LogP contribution in [0.1, 0.15) is 45.4 Å². The monoisotopic (exact) mass is 254 g/mol. The van der Waals surface area contributed by atoms with Crippen molar-refractivity contribution in [3.05, 3.63) is 0 Å². The second-order valence-corrected chi connectivity index (χ2v) is 5.31. The van der Waals surface area contributed by atoms with Gasteiger partial charge in [0.15, 0.2) is 0 Å². The van der Waals surface area contributed by atoms with E-state index in [0.29, 0.717) is 6.61 Å². The second kappa shape index (κ2) is 5.26. The van der Waals surface area contributed by atoms with E-state index in [1.54, 1.807) is 11.8 Å². The molecule has 5 nitrogen and oxygen atoms in total. The quantitative estimate of drug-likeness (QED) is 0.756. The number of amides is 1. The van der Waals surface area contributed by atoms with Crippen LogP contribution in [0, 0.1) is 0 Å². The molecule has 2 rings (SSSR count). The van der Waals surface area contributed by atoms with Gasteiger partial charge in [0.25, 0.3) is 0 Å². The van der Waals surface area contributed by atoms with Crippen LogP contribution in [0.2, 0.25) is 0 Å². The van der Waals surface area contributed by atoms with Crippen LogP contribution in [0.15, 0.2) is 0 Å². The normalized spacial score (nSPS) is 26.7. The minimum Gasteiger partial charge on any atom is -0.465 e. The predicted molar refractivity (Wildman–Crippen MR) is 66.8 cm³/mol. The molecule has 2 fully saturated rings. The molecular formula is C13H22N2O3. The van der Waals surface area contributed by atoms with Gasteiger partial charge in [-0.05, 0) is 45.4 Å². The molecule has 5 heteroatoms. The minimum atomic E-state index is -0.459. The average Bonchev–Trinajstić information content (AvgIpc) is 2.40. The summed E-state index contributed by atoms with van der Waals surface area (Å²) in [5, 5.41) is 0. The zero-order valence-corrected chi connectivity index (χ0v) is 11.0. The largest absolute Gasteiger partial charge is 0.465 e. The van der Waals surface area contributed by atoms with E-state index in [1.165, 1.54) is 0 Å². The van der Waals surface area contributed by atoms with Crippen LogP contribution in [0.5, 0.6) is 0 Å². The van der Waals surface area contributed by atoms with Crippen molar-refractivity contribution in [1.29, 1.82) is 0 Å². The van der Waals surface area contributed by atoms with Gasteiger partial charge in [-0.15, -0.1) is 0 Å². The number of carbonyl (C=O) groups excluding carboxylic acids is 2. The molecule has 0 aromatic carbocycles. The maximum atomic E-state index is 12.3. The number of likely N-dealkylation sites (tertiary alicyclic amines) is 1. The maximum Gasteiger partial charge on any atom is 0.325 e. The molecule has 1 atom stereocenters. The van der Waals surface area contributed by atoms with Crippen molar-refractivity contribution in [2.24, 2.45) is 5.73 Å². The van der Waals surface area contributed by atoms with Crippen LogP contribution in [0.4, 0.5) is 0 Å². The van der Waals surface area contributed by atoms with E-state index in [0.717, 1.165) is 38.5 Å². The van der Waals surface area contributed by atoms with Gasteiger partial charge in [0.2, 0.25) is 5.91 Å². The van der Waals surface area contributed by atoms with E-state index < -0.39 is 6.04 Å². The van der Waals surface area contributed by atoms with Crippen molar-refractivity contribution in [2.75, 3.05) is 13.2 Å². The van der Waals surface area contributed by atoms with Gasteiger partial charge >= 0.3 is 5.97 Å². The van der Waals surface area contributed by atoms with Gasteiger partial charge in [0, 0.05) is 5.54 Å². The number of esters is 1. The third-order valence-electron chi connectivity index (χ3n) is 4.19. The first-order valence-electron chi connectivity index (χ1n) is 6.82. The number of hydrogen-bond acceptors (Lipinski definition) is 4. The Morgan fingerprint density at radius 1 is 1.44 bits per heavy atom. The Morgan fingerprint density at radius 3 is 2.67 bits per heavy atom. The van der Waals surface area contributed by atoms with Crippen LogP contribution >= 0.6 is 0 Å². The Hall–Kier alpha value is -1.10. The van der Waals surface area contributed by atoms with Crippen molar-refractivity contribution in [2.45, 2.75) is 57.0 Å². The van der Waals surface area contributed by atoms with E-state index in [1.807, 2.05) is 0 Å². The summed E-state index contributed by atoms with van der Waals surface area (Å²) < 4.78 is 4.96. The molecular weight excluding hydrogens is 232 g/mol. The van der Waals surface area contributed by atoms with Crippen LogP contribution in [-0.2, 0) is 14.3 Å². The van der Waals surface area contributed by atoms with Crippen LogP contribution in [0.3, 0.4) is 0 Å². The first-order chi connectivity index (χ1) is 8.59. The number of hydrogen-bond donors (Lipinski definition) is 1. The summed E-state index contributed by atoms with van der Waals surface area (Å²) in [4.78, 5) is 25.6. The summed E-state index contributed by atoms with van der Waals surface area (Å²) in [6, 6.07) is -0.459. The summed E-state index contributed by atoms with van der Waals surface area (Å²) in [5.41, 5.74) is 5.76. The van der Waals surface area contributed by atoms with E-state index in [9.17, 15) is 9.59 Å². The smallest absolute Gasteiger partial charge is 0.325 e. The van der Waals surface area contributed by atoms with Crippen molar-refractivity contribution in [3.63, 3.8) is 0 Å². The molecule has 102 valence electrons. The highest BCUT2D eigenvalue weighted by atomic mass is 16.5. The zero-order chi connectivity index (χ0) is 13.2. The first kappa shape index (κ1) is 13.3. The van der Waals surface area contributed by atoms with Crippen LogP contribution < -0.4 is 5.73 Å². The lowest BCUT2D eigenvalue weighted by atomic mass is 9.72. The van der Waals surface area contributed by atoms with Gasteiger partial charge in [-0.3, -0.25) is 9.59 Å². The first-order valence-corrected chi connectivity index (χ1v) is 6.82. The predicted octanol–water partition coefficient (Wildman–Crippen LogP) is 0.812. The molecule has 1 amide bonds. The lowest BCUT2D eigenvalue weighted by Gasteiger charge is -2.49. The van der Waals surface area contributed by atoms with E-state index in [-0.39, 0.29) is 24.0 Å². The van der Waals surface area contributed by atoms with Crippen molar-refractivity contribution < 1.29 is 14.3 Å². The van der Waals surface area contributed by atoms with Gasteiger partial charge in [0.1, 0.15) is 6.54 Å². The Bertz CT molecular complexity index is 339.